The fourth-order valence-electron chi connectivity index (χ4n) is 2.25. The van der Waals surface area contributed by atoms with Crippen molar-refractivity contribution < 1.29 is 9.53 Å². The van der Waals surface area contributed by atoms with Gasteiger partial charge in [-0.25, -0.2) is 0 Å². The molecule has 0 aromatic heterocycles. The number of rotatable bonds is 8. The Kier molecular flexibility index (Phi) is 5.26. The van der Waals surface area contributed by atoms with Gasteiger partial charge in [0.05, 0.1) is 19.3 Å². The largest absolute Gasteiger partial charge is 0.376 e. The fourth-order valence-corrected chi connectivity index (χ4v) is 2.25. The van der Waals surface area contributed by atoms with Crippen molar-refractivity contribution in [3.05, 3.63) is 0 Å². The van der Waals surface area contributed by atoms with Crippen LogP contribution in [0, 0.1) is 5.92 Å². The van der Waals surface area contributed by atoms with Crippen LogP contribution in [0.2, 0.25) is 0 Å². The van der Waals surface area contributed by atoms with Gasteiger partial charge in [0.1, 0.15) is 0 Å². The predicted molar refractivity (Wildman–Crippen MR) is 66.8 cm³/mol. The molecule has 2 saturated carbocycles. The number of ether oxygens (including phenoxy) is 1. The highest BCUT2D eigenvalue weighted by molar-refractivity contribution is 5.77. The Bertz CT molecular complexity index is 236. The van der Waals surface area contributed by atoms with E-state index in [-0.39, 0.29) is 5.91 Å². The Balaban J connectivity index is 1.39. The van der Waals surface area contributed by atoms with E-state index in [1.165, 1.54) is 38.5 Å². The molecule has 0 saturated heterocycles. The Morgan fingerprint density at radius 3 is 2.65 bits per heavy atom. The quantitative estimate of drug-likeness (QED) is 0.624. The van der Waals surface area contributed by atoms with Gasteiger partial charge in [-0.3, -0.25) is 4.79 Å². The number of hydrogen-bond acceptors (Lipinski definition) is 3. The summed E-state index contributed by atoms with van der Waals surface area (Å²) in [5.41, 5.74) is 0. The normalized spacial score (nSPS) is 20.7. The molecule has 98 valence electrons. The Labute approximate surface area is 103 Å². The summed E-state index contributed by atoms with van der Waals surface area (Å²) < 4.78 is 5.67. The van der Waals surface area contributed by atoms with Crippen LogP contribution in [0.1, 0.15) is 38.5 Å². The minimum absolute atomic E-state index is 0.0840. The second kappa shape index (κ2) is 6.97. The van der Waals surface area contributed by atoms with E-state index in [1.807, 2.05) is 0 Å². The third kappa shape index (κ3) is 5.50. The Morgan fingerprint density at radius 1 is 1.18 bits per heavy atom. The van der Waals surface area contributed by atoms with Crippen LogP contribution in [-0.2, 0) is 9.53 Å². The summed E-state index contributed by atoms with van der Waals surface area (Å²) in [6.45, 7) is 2.73. The second-order valence-electron chi connectivity index (χ2n) is 5.20. The van der Waals surface area contributed by atoms with Crippen LogP contribution in [0.25, 0.3) is 0 Å². The Morgan fingerprint density at radius 2 is 1.94 bits per heavy atom. The molecule has 17 heavy (non-hydrogen) atoms. The standard InChI is InChI=1S/C13H24N2O2/c16-13(10-14-9-11-5-6-11)15-7-8-17-12-3-1-2-4-12/h11-12,14H,1-10H2,(H,15,16). The minimum atomic E-state index is 0.0840. The van der Waals surface area contributed by atoms with Crippen LogP contribution in [-0.4, -0.2) is 38.3 Å². The van der Waals surface area contributed by atoms with Gasteiger partial charge in [-0.2, -0.15) is 0 Å². The lowest BCUT2D eigenvalue weighted by Gasteiger charge is -2.11. The van der Waals surface area contributed by atoms with Crippen molar-refractivity contribution in [2.24, 2.45) is 5.92 Å². The first-order valence-electron chi connectivity index (χ1n) is 6.93. The predicted octanol–water partition coefficient (Wildman–Crippen LogP) is 1.06. The van der Waals surface area contributed by atoms with Gasteiger partial charge >= 0.3 is 0 Å². The zero-order chi connectivity index (χ0) is 11.9. The van der Waals surface area contributed by atoms with Gasteiger partial charge in [0, 0.05) is 6.54 Å². The highest BCUT2D eigenvalue weighted by atomic mass is 16.5. The minimum Gasteiger partial charge on any atom is -0.376 e. The molecular formula is C13H24N2O2. The molecule has 0 aromatic carbocycles. The summed E-state index contributed by atoms with van der Waals surface area (Å²) in [6, 6.07) is 0. The molecule has 2 fully saturated rings. The van der Waals surface area contributed by atoms with Crippen LogP contribution in [0.15, 0.2) is 0 Å². The topological polar surface area (TPSA) is 50.4 Å². The van der Waals surface area contributed by atoms with Gasteiger partial charge in [0.15, 0.2) is 0 Å². The van der Waals surface area contributed by atoms with Gasteiger partial charge in [-0.05, 0) is 38.1 Å². The maximum Gasteiger partial charge on any atom is 0.234 e. The van der Waals surface area contributed by atoms with Crippen molar-refractivity contribution in [2.45, 2.75) is 44.6 Å². The molecule has 0 radical (unpaired) electrons. The molecule has 0 aliphatic heterocycles. The highest BCUT2D eigenvalue weighted by Crippen LogP contribution is 2.27. The first-order chi connectivity index (χ1) is 8.34. The van der Waals surface area contributed by atoms with Gasteiger partial charge in [0.2, 0.25) is 5.91 Å². The van der Waals surface area contributed by atoms with Crippen LogP contribution < -0.4 is 10.6 Å². The number of carbonyl (C=O) groups excluding carboxylic acids is 1. The number of amides is 1. The molecule has 0 atom stereocenters. The van der Waals surface area contributed by atoms with E-state index in [1.54, 1.807) is 0 Å². The summed E-state index contributed by atoms with van der Waals surface area (Å²) in [5.74, 6) is 0.911. The molecule has 0 unspecified atom stereocenters. The summed E-state index contributed by atoms with van der Waals surface area (Å²) in [4.78, 5) is 11.4. The molecule has 4 heteroatoms. The highest BCUT2D eigenvalue weighted by Gasteiger charge is 2.20. The fraction of sp³-hybridized carbons (Fsp3) is 0.923. The smallest absolute Gasteiger partial charge is 0.234 e. The van der Waals surface area contributed by atoms with Gasteiger partial charge in [-0.1, -0.05) is 12.8 Å². The molecule has 0 bridgehead atoms. The lowest BCUT2D eigenvalue weighted by molar-refractivity contribution is -0.120. The van der Waals surface area contributed by atoms with Gasteiger partial charge in [-0.15, -0.1) is 0 Å². The lowest BCUT2D eigenvalue weighted by atomic mass is 10.3. The molecule has 2 aliphatic rings. The van der Waals surface area contributed by atoms with Crippen LogP contribution in [0.3, 0.4) is 0 Å². The molecular weight excluding hydrogens is 216 g/mol. The third-order valence-corrected chi connectivity index (χ3v) is 3.50. The third-order valence-electron chi connectivity index (χ3n) is 3.50. The van der Waals surface area contributed by atoms with E-state index < -0.39 is 0 Å². The average Bonchev–Trinajstić information content (AvgIpc) is 3.00. The van der Waals surface area contributed by atoms with Gasteiger partial charge < -0.3 is 15.4 Å². The van der Waals surface area contributed by atoms with Crippen LogP contribution >= 0.6 is 0 Å². The summed E-state index contributed by atoms with van der Waals surface area (Å²) >= 11 is 0. The van der Waals surface area contributed by atoms with E-state index in [0.717, 1.165) is 12.5 Å². The molecule has 0 spiro atoms. The molecule has 0 heterocycles. The second-order valence-corrected chi connectivity index (χ2v) is 5.20. The molecule has 2 aliphatic carbocycles. The van der Waals surface area contributed by atoms with Crippen molar-refractivity contribution in [2.75, 3.05) is 26.2 Å². The van der Waals surface area contributed by atoms with E-state index in [0.29, 0.717) is 25.8 Å². The average molecular weight is 240 g/mol. The first kappa shape index (κ1) is 12.8. The van der Waals surface area contributed by atoms with Crippen molar-refractivity contribution in [1.82, 2.24) is 10.6 Å². The zero-order valence-electron chi connectivity index (χ0n) is 10.5. The van der Waals surface area contributed by atoms with Gasteiger partial charge in [0.25, 0.3) is 0 Å². The lowest BCUT2D eigenvalue weighted by Crippen LogP contribution is -2.36. The first-order valence-corrected chi connectivity index (χ1v) is 6.93. The maximum absolute atomic E-state index is 11.4. The number of carbonyl (C=O) groups is 1. The summed E-state index contributed by atoms with van der Waals surface area (Å²) in [7, 11) is 0. The molecule has 2 rings (SSSR count). The molecule has 0 aromatic rings. The van der Waals surface area contributed by atoms with Crippen molar-refractivity contribution in [1.29, 1.82) is 0 Å². The number of hydrogen-bond donors (Lipinski definition) is 2. The summed E-state index contributed by atoms with van der Waals surface area (Å²) in [5, 5.41) is 6.05. The summed E-state index contributed by atoms with van der Waals surface area (Å²) in [6.07, 6.45) is 8.06. The van der Waals surface area contributed by atoms with Crippen molar-refractivity contribution in [3.63, 3.8) is 0 Å². The Hall–Kier alpha value is -0.610. The monoisotopic (exact) mass is 240 g/mol. The van der Waals surface area contributed by atoms with E-state index in [9.17, 15) is 4.79 Å². The SMILES string of the molecule is O=C(CNCC1CC1)NCCOC1CCCC1. The molecule has 2 N–H and O–H groups in total. The van der Waals surface area contributed by atoms with Crippen molar-refractivity contribution in [3.8, 4) is 0 Å². The molecule has 1 amide bonds. The van der Waals surface area contributed by atoms with Crippen LogP contribution in [0.5, 0.6) is 0 Å². The van der Waals surface area contributed by atoms with Crippen LogP contribution in [0.4, 0.5) is 0 Å². The maximum atomic E-state index is 11.4. The molecule has 4 nitrogen and oxygen atoms in total. The van der Waals surface area contributed by atoms with E-state index >= 15 is 0 Å². The van der Waals surface area contributed by atoms with E-state index in [4.69, 9.17) is 4.74 Å². The van der Waals surface area contributed by atoms with E-state index in [2.05, 4.69) is 10.6 Å². The number of nitrogens with one attached hydrogen (secondary N) is 2. The zero-order valence-corrected chi connectivity index (χ0v) is 10.5. The van der Waals surface area contributed by atoms with Crippen molar-refractivity contribution >= 4 is 5.91 Å².